The van der Waals surface area contributed by atoms with Crippen LogP contribution in [0.25, 0.3) is 0 Å². The number of fused-ring (bicyclic) bond motifs is 2. The summed E-state index contributed by atoms with van der Waals surface area (Å²) in [4.78, 5) is 50.3. The normalized spacial score (nSPS) is 29.0. The van der Waals surface area contributed by atoms with Gasteiger partial charge in [0, 0.05) is 30.1 Å². The minimum Gasteiger partial charge on any atom is -0.394 e. The van der Waals surface area contributed by atoms with E-state index in [2.05, 4.69) is 12.2 Å². The summed E-state index contributed by atoms with van der Waals surface area (Å²) in [6.07, 6.45) is 8.59. The van der Waals surface area contributed by atoms with Crippen LogP contribution in [0, 0.1) is 25.7 Å². The van der Waals surface area contributed by atoms with Crippen LogP contribution >= 0.6 is 11.8 Å². The zero-order chi connectivity index (χ0) is 32.9. The first-order valence-corrected chi connectivity index (χ1v) is 17.2. The van der Waals surface area contributed by atoms with Crippen molar-refractivity contribution < 1.29 is 19.5 Å². The lowest BCUT2D eigenvalue weighted by Gasteiger charge is -2.40. The van der Waals surface area contributed by atoms with E-state index in [0.29, 0.717) is 26.1 Å². The van der Waals surface area contributed by atoms with Crippen molar-refractivity contribution in [3.63, 3.8) is 0 Å². The Morgan fingerprint density at radius 2 is 1.43 bits per heavy atom. The topological polar surface area (TPSA) is 81.2 Å². The van der Waals surface area contributed by atoms with Crippen LogP contribution in [0.1, 0.15) is 29.2 Å². The Bertz CT molecular complexity index is 1740. The molecule has 1 spiro atoms. The summed E-state index contributed by atoms with van der Waals surface area (Å²) in [5, 5.41) is 10.9. The molecule has 4 heterocycles. The van der Waals surface area contributed by atoms with Crippen molar-refractivity contribution in [2.75, 3.05) is 24.6 Å². The predicted octanol–water partition coefficient (Wildman–Crippen LogP) is 5.10. The number of hydrogen-bond acceptors (Lipinski definition) is 5. The van der Waals surface area contributed by atoms with Crippen LogP contribution in [0.15, 0.2) is 103 Å². The first kappa shape index (κ1) is 31.5. The maximum Gasteiger partial charge on any atom is 0.251 e. The molecule has 8 heteroatoms. The molecule has 1 unspecified atom stereocenters. The van der Waals surface area contributed by atoms with Crippen molar-refractivity contribution in [2.45, 2.75) is 55.3 Å². The first-order chi connectivity index (χ1) is 22.7. The molecule has 0 aromatic heterocycles. The lowest BCUT2D eigenvalue weighted by atomic mass is 9.74. The van der Waals surface area contributed by atoms with Gasteiger partial charge in [-0.3, -0.25) is 14.4 Å². The van der Waals surface area contributed by atoms with Gasteiger partial charge in [0.1, 0.15) is 6.04 Å². The van der Waals surface area contributed by atoms with Crippen LogP contribution in [-0.2, 0) is 27.3 Å². The van der Waals surface area contributed by atoms with Crippen molar-refractivity contribution in [3.05, 3.63) is 125 Å². The van der Waals surface area contributed by atoms with Gasteiger partial charge in [0.05, 0.1) is 29.2 Å². The fraction of sp³-hybridized carbons (Fsp3) is 0.359. The molecule has 7 nitrogen and oxygen atoms in total. The molecule has 7 rings (SSSR count). The number of rotatable bonds is 7. The van der Waals surface area contributed by atoms with Gasteiger partial charge < -0.3 is 19.8 Å². The highest BCUT2D eigenvalue weighted by Crippen LogP contribution is 2.66. The smallest absolute Gasteiger partial charge is 0.251 e. The Morgan fingerprint density at radius 3 is 2.09 bits per heavy atom. The molecule has 3 aromatic carbocycles. The van der Waals surface area contributed by atoms with Crippen LogP contribution in [0.2, 0.25) is 0 Å². The van der Waals surface area contributed by atoms with Gasteiger partial charge in [0.15, 0.2) is 0 Å². The fourth-order valence-electron chi connectivity index (χ4n) is 8.42. The average Bonchev–Trinajstić information content (AvgIpc) is 3.35. The van der Waals surface area contributed by atoms with Crippen molar-refractivity contribution in [1.82, 2.24) is 9.80 Å². The maximum absolute atomic E-state index is 15.1. The summed E-state index contributed by atoms with van der Waals surface area (Å²) >= 11 is 1.58. The molecule has 3 aromatic rings. The number of amides is 3. The Morgan fingerprint density at radius 1 is 0.787 bits per heavy atom. The number of hydrogen-bond donors (Lipinski definition) is 1. The lowest BCUT2D eigenvalue weighted by molar-refractivity contribution is -0.145. The van der Waals surface area contributed by atoms with E-state index >= 15 is 9.59 Å². The molecule has 2 saturated heterocycles. The lowest BCUT2D eigenvalue weighted by Crippen LogP contribution is -2.57. The summed E-state index contributed by atoms with van der Waals surface area (Å²) in [6.45, 7) is 6.98. The molecule has 47 heavy (non-hydrogen) atoms. The second kappa shape index (κ2) is 12.1. The first-order valence-electron chi connectivity index (χ1n) is 16.4. The largest absolute Gasteiger partial charge is 0.394 e. The third-order valence-electron chi connectivity index (χ3n) is 10.4. The van der Waals surface area contributed by atoms with Gasteiger partial charge in [-0.15, -0.1) is 11.8 Å². The number of benzene rings is 3. The van der Waals surface area contributed by atoms with E-state index in [0.717, 1.165) is 27.9 Å². The number of aliphatic hydroxyl groups is 1. The molecule has 2 fully saturated rings. The molecule has 0 radical (unpaired) electrons. The number of likely N-dealkylation sites (tertiary alicyclic amines) is 1. The standard InChI is InChI=1S/C39H41N3O4S/c1-26-13-10-14-27(2)33(26)41-22-12-20-39-32(36(45)42(34(39)37(41)46)30(25-43)23-28-15-6-4-7-16-28)31-35(44)40(21-11-19-38(31,3)47-39)24-29-17-8-5-9-18-29/h4-20,30-32,34,43H,21-25H2,1-3H3/t30-,31-,32+,34?,38+,39+/m1/s1. The number of para-hydroxylation sites is 1. The van der Waals surface area contributed by atoms with Crippen LogP contribution < -0.4 is 4.90 Å². The van der Waals surface area contributed by atoms with E-state index in [4.69, 9.17) is 0 Å². The average molecular weight is 648 g/mol. The Balaban J connectivity index is 1.36. The zero-order valence-corrected chi connectivity index (χ0v) is 27.9. The molecule has 242 valence electrons. The Hall–Kier alpha value is -4.14. The Labute approximate surface area is 280 Å². The van der Waals surface area contributed by atoms with Gasteiger partial charge in [-0.05, 0) is 49.4 Å². The van der Waals surface area contributed by atoms with Gasteiger partial charge in [0.25, 0.3) is 5.91 Å². The van der Waals surface area contributed by atoms with Crippen LogP contribution in [0.4, 0.5) is 5.69 Å². The molecular weight excluding hydrogens is 607 g/mol. The molecular formula is C39H41N3O4S. The number of thioether (sulfide) groups is 1. The van der Waals surface area contributed by atoms with E-state index in [1.807, 2.05) is 117 Å². The quantitative estimate of drug-likeness (QED) is 0.362. The highest BCUT2D eigenvalue weighted by Gasteiger charge is 2.74. The summed E-state index contributed by atoms with van der Waals surface area (Å²) in [6, 6.07) is 24.1. The zero-order valence-electron chi connectivity index (χ0n) is 27.1. The summed E-state index contributed by atoms with van der Waals surface area (Å²) in [5.41, 5.74) is 4.78. The van der Waals surface area contributed by atoms with E-state index in [-0.39, 0.29) is 24.3 Å². The number of aliphatic hydroxyl groups excluding tert-OH is 1. The minimum atomic E-state index is -1.00. The van der Waals surface area contributed by atoms with Gasteiger partial charge in [-0.1, -0.05) is 103 Å². The number of carbonyl (C=O) groups excluding carboxylic acids is 3. The maximum atomic E-state index is 15.1. The van der Waals surface area contributed by atoms with Gasteiger partial charge in [-0.2, -0.15) is 0 Å². The summed E-state index contributed by atoms with van der Waals surface area (Å²) in [5.74, 6) is -1.96. The molecule has 6 atom stereocenters. The van der Waals surface area contributed by atoms with E-state index in [1.54, 1.807) is 21.6 Å². The van der Waals surface area contributed by atoms with Crippen molar-refractivity contribution >= 4 is 35.2 Å². The second-order valence-corrected chi connectivity index (χ2v) is 15.3. The third kappa shape index (κ3) is 5.13. The van der Waals surface area contributed by atoms with Gasteiger partial charge >= 0.3 is 0 Å². The van der Waals surface area contributed by atoms with E-state index in [9.17, 15) is 9.90 Å². The highest BCUT2D eigenvalue weighted by molar-refractivity contribution is 8.02. The number of anilines is 1. The van der Waals surface area contributed by atoms with E-state index in [1.165, 1.54) is 0 Å². The van der Waals surface area contributed by atoms with Crippen molar-refractivity contribution in [3.8, 4) is 0 Å². The molecule has 0 saturated carbocycles. The van der Waals surface area contributed by atoms with Crippen LogP contribution in [0.5, 0.6) is 0 Å². The number of aryl methyl sites for hydroxylation is 2. The number of carbonyl (C=O) groups is 3. The van der Waals surface area contributed by atoms with Crippen LogP contribution in [0.3, 0.4) is 0 Å². The molecule has 4 aliphatic heterocycles. The molecule has 1 N–H and O–H groups in total. The van der Waals surface area contributed by atoms with E-state index < -0.39 is 33.4 Å². The van der Waals surface area contributed by atoms with Crippen LogP contribution in [-0.4, -0.2) is 73.9 Å². The summed E-state index contributed by atoms with van der Waals surface area (Å²) < 4.78 is -1.71. The molecule has 4 aliphatic rings. The minimum absolute atomic E-state index is 0.0787. The van der Waals surface area contributed by atoms with Crippen molar-refractivity contribution in [1.29, 1.82) is 0 Å². The fourth-order valence-corrected chi connectivity index (χ4v) is 10.6. The predicted molar refractivity (Wildman–Crippen MR) is 186 cm³/mol. The SMILES string of the molecule is Cc1cccc(C)c1N1CC=C[C@]23S[C@@]4(C)C=CCN(Cc5ccccc5)C(=O)[C@H]4[C@H]2C(=O)N([C@@H](CO)Cc2ccccc2)C3C1=O. The highest BCUT2D eigenvalue weighted by atomic mass is 32.2. The van der Waals surface area contributed by atoms with Gasteiger partial charge in [0.2, 0.25) is 11.8 Å². The Kier molecular flexibility index (Phi) is 8.13. The molecule has 0 bridgehead atoms. The third-order valence-corrected chi connectivity index (χ3v) is 12.2. The van der Waals surface area contributed by atoms with Gasteiger partial charge in [-0.25, -0.2) is 0 Å². The molecule has 0 aliphatic carbocycles. The summed E-state index contributed by atoms with van der Waals surface area (Å²) in [7, 11) is 0. The molecule has 3 amide bonds. The number of nitrogens with zero attached hydrogens (tertiary/aromatic N) is 3. The second-order valence-electron chi connectivity index (χ2n) is 13.5. The monoisotopic (exact) mass is 647 g/mol. The van der Waals surface area contributed by atoms with Crippen molar-refractivity contribution in [2.24, 2.45) is 11.8 Å².